The number of hydrogen-bond donors (Lipinski definition) is 0. The number of rotatable bonds is 6. The van der Waals surface area contributed by atoms with Gasteiger partial charge < -0.3 is 14.5 Å². The van der Waals surface area contributed by atoms with E-state index in [0.29, 0.717) is 12.2 Å². The summed E-state index contributed by atoms with van der Waals surface area (Å²) in [5, 5.41) is 8.91. The molecule has 1 heterocycles. The predicted octanol–water partition coefficient (Wildman–Crippen LogP) is 4.18. The molecule has 28 heavy (non-hydrogen) atoms. The monoisotopic (exact) mass is 377 g/mol. The summed E-state index contributed by atoms with van der Waals surface area (Å²) in [7, 11) is 2.07. The van der Waals surface area contributed by atoms with Crippen molar-refractivity contribution in [1.82, 2.24) is 9.80 Å². The Labute approximate surface area is 167 Å². The first-order chi connectivity index (χ1) is 13.7. The van der Waals surface area contributed by atoms with Crippen LogP contribution in [0.2, 0.25) is 0 Å². The average molecular weight is 377 g/mol. The fourth-order valence-corrected chi connectivity index (χ4v) is 3.65. The average Bonchev–Trinajstić information content (AvgIpc) is 2.73. The number of piperidine rings is 1. The lowest BCUT2D eigenvalue weighted by Crippen LogP contribution is -2.48. The van der Waals surface area contributed by atoms with Crippen LogP contribution in [0.25, 0.3) is 0 Å². The Hall–Kier alpha value is -2.84. The van der Waals surface area contributed by atoms with E-state index in [4.69, 9.17) is 10.00 Å². The Morgan fingerprint density at radius 2 is 1.89 bits per heavy atom. The SMILES string of the molecule is CN(Cc1ccc(C#N)cc1)CC1CCCCN1C(=O)OCc1ccccc1. The topological polar surface area (TPSA) is 56.6 Å². The summed E-state index contributed by atoms with van der Waals surface area (Å²) < 4.78 is 5.56. The zero-order valence-electron chi connectivity index (χ0n) is 16.4. The Morgan fingerprint density at radius 1 is 1.14 bits per heavy atom. The van der Waals surface area contributed by atoms with Crippen LogP contribution in [0.5, 0.6) is 0 Å². The molecule has 5 heteroatoms. The largest absolute Gasteiger partial charge is 0.445 e. The molecule has 1 aliphatic heterocycles. The summed E-state index contributed by atoms with van der Waals surface area (Å²) in [6.45, 7) is 2.66. The van der Waals surface area contributed by atoms with Crippen LogP contribution < -0.4 is 0 Å². The maximum absolute atomic E-state index is 12.6. The highest BCUT2D eigenvalue weighted by atomic mass is 16.6. The highest BCUT2D eigenvalue weighted by Crippen LogP contribution is 2.20. The van der Waals surface area contributed by atoms with E-state index in [2.05, 4.69) is 18.0 Å². The first-order valence-corrected chi connectivity index (χ1v) is 9.80. The van der Waals surface area contributed by atoms with Gasteiger partial charge in [0.2, 0.25) is 0 Å². The van der Waals surface area contributed by atoms with Crippen molar-refractivity contribution >= 4 is 6.09 Å². The minimum absolute atomic E-state index is 0.167. The number of nitrogens with zero attached hydrogens (tertiary/aromatic N) is 3. The molecule has 0 aromatic heterocycles. The van der Waals surface area contributed by atoms with Gasteiger partial charge in [-0.25, -0.2) is 4.79 Å². The Morgan fingerprint density at radius 3 is 2.61 bits per heavy atom. The summed E-state index contributed by atoms with van der Waals surface area (Å²) in [5.41, 5.74) is 2.84. The summed E-state index contributed by atoms with van der Waals surface area (Å²) in [4.78, 5) is 16.8. The predicted molar refractivity (Wildman–Crippen MR) is 108 cm³/mol. The van der Waals surface area contributed by atoms with E-state index in [-0.39, 0.29) is 12.1 Å². The van der Waals surface area contributed by atoms with Gasteiger partial charge in [-0.15, -0.1) is 0 Å². The molecule has 1 unspecified atom stereocenters. The van der Waals surface area contributed by atoms with Crippen LogP contribution in [0.3, 0.4) is 0 Å². The molecule has 2 aromatic rings. The van der Waals surface area contributed by atoms with Crippen LogP contribution in [0.1, 0.15) is 36.0 Å². The van der Waals surface area contributed by atoms with E-state index in [0.717, 1.165) is 50.0 Å². The minimum atomic E-state index is -0.222. The van der Waals surface area contributed by atoms with Crippen molar-refractivity contribution in [2.24, 2.45) is 0 Å². The molecule has 0 N–H and O–H groups in total. The number of ether oxygens (including phenoxy) is 1. The van der Waals surface area contributed by atoms with Crippen LogP contribution >= 0.6 is 0 Å². The lowest BCUT2D eigenvalue weighted by Gasteiger charge is -2.37. The second kappa shape index (κ2) is 9.91. The molecule has 0 bridgehead atoms. The highest BCUT2D eigenvalue weighted by molar-refractivity contribution is 5.68. The first kappa shape index (κ1) is 19.9. The lowest BCUT2D eigenvalue weighted by molar-refractivity contribution is 0.0584. The molecule has 1 fully saturated rings. The number of hydrogen-bond acceptors (Lipinski definition) is 4. The molecule has 1 atom stereocenters. The first-order valence-electron chi connectivity index (χ1n) is 9.80. The van der Waals surface area contributed by atoms with Crippen LogP contribution in [0, 0.1) is 11.3 Å². The van der Waals surface area contributed by atoms with Crippen LogP contribution in [0.15, 0.2) is 54.6 Å². The van der Waals surface area contributed by atoms with Crippen molar-refractivity contribution in [1.29, 1.82) is 5.26 Å². The fraction of sp³-hybridized carbons (Fsp3) is 0.391. The smallest absolute Gasteiger partial charge is 0.410 e. The number of amides is 1. The van der Waals surface area contributed by atoms with E-state index in [1.165, 1.54) is 0 Å². The maximum atomic E-state index is 12.6. The molecule has 2 aromatic carbocycles. The summed E-state index contributed by atoms with van der Waals surface area (Å²) in [6, 6.07) is 19.8. The second-order valence-electron chi connectivity index (χ2n) is 7.39. The number of benzene rings is 2. The van der Waals surface area contributed by atoms with Crippen molar-refractivity contribution < 1.29 is 9.53 Å². The van der Waals surface area contributed by atoms with Gasteiger partial charge in [-0.1, -0.05) is 42.5 Å². The zero-order chi connectivity index (χ0) is 19.8. The van der Waals surface area contributed by atoms with E-state index >= 15 is 0 Å². The van der Waals surface area contributed by atoms with Crippen molar-refractivity contribution in [2.45, 2.75) is 38.5 Å². The van der Waals surface area contributed by atoms with E-state index < -0.39 is 0 Å². The molecule has 146 valence electrons. The van der Waals surface area contributed by atoms with Gasteiger partial charge in [0.05, 0.1) is 11.6 Å². The Balaban J connectivity index is 1.54. The molecule has 0 saturated carbocycles. The lowest BCUT2D eigenvalue weighted by atomic mass is 10.0. The van der Waals surface area contributed by atoms with E-state index in [9.17, 15) is 4.79 Å². The van der Waals surface area contributed by atoms with Gasteiger partial charge in [0.1, 0.15) is 6.61 Å². The van der Waals surface area contributed by atoms with Gasteiger partial charge in [-0.2, -0.15) is 5.26 Å². The number of carbonyl (C=O) groups is 1. The van der Waals surface area contributed by atoms with E-state index in [1.807, 2.05) is 59.5 Å². The van der Waals surface area contributed by atoms with Crippen molar-refractivity contribution in [3.05, 3.63) is 71.3 Å². The third kappa shape index (κ3) is 5.58. The van der Waals surface area contributed by atoms with Crippen LogP contribution in [-0.2, 0) is 17.9 Å². The molecule has 5 nitrogen and oxygen atoms in total. The molecule has 1 amide bonds. The third-order valence-corrected chi connectivity index (χ3v) is 5.12. The minimum Gasteiger partial charge on any atom is -0.445 e. The molecule has 3 rings (SSSR count). The van der Waals surface area contributed by atoms with Gasteiger partial charge in [-0.05, 0) is 49.6 Å². The van der Waals surface area contributed by atoms with Gasteiger partial charge in [0.15, 0.2) is 0 Å². The standard InChI is InChI=1S/C23H27N3O2/c1-25(16-20-12-10-19(15-24)11-13-20)17-22-9-5-6-14-26(22)23(27)28-18-21-7-3-2-4-8-21/h2-4,7-8,10-13,22H,5-6,9,14,16-18H2,1H3. The van der Waals surface area contributed by atoms with Crippen LogP contribution in [-0.4, -0.2) is 42.1 Å². The van der Waals surface area contributed by atoms with Gasteiger partial charge in [0.25, 0.3) is 0 Å². The molecule has 1 aliphatic rings. The molecule has 1 saturated heterocycles. The zero-order valence-corrected chi connectivity index (χ0v) is 16.4. The molecule has 0 aliphatic carbocycles. The highest BCUT2D eigenvalue weighted by Gasteiger charge is 2.28. The third-order valence-electron chi connectivity index (χ3n) is 5.12. The normalized spacial score (nSPS) is 16.6. The number of carbonyl (C=O) groups excluding carboxylic acids is 1. The summed E-state index contributed by atoms with van der Waals surface area (Å²) in [6.07, 6.45) is 2.94. The Bertz CT molecular complexity index is 799. The van der Waals surface area contributed by atoms with Gasteiger partial charge in [-0.3, -0.25) is 0 Å². The van der Waals surface area contributed by atoms with Gasteiger partial charge >= 0.3 is 6.09 Å². The molecule has 0 radical (unpaired) electrons. The van der Waals surface area contributed by atoms with Gasteiger partial charge in [0, 0.05) is 25.7 Å². The summed E-state index contributed by atoms with van der Waals surface area (Å²) >= 11 is 0. The second-order valence-corrected chi connectivity index (χ2v) is 7.39. The van der Waals surface area contributed by atoms with Crippen molar-refractivity contribution in [2.75, 3.05) is 20.1 Å². The van der Waals surface area contributed by atoms with Crippen molar-refractivity contribution in [3.8, 4) is 6.07 Å². The fourth-order valence-electron chi connectivity index (χ4n) is 3.65. The quantitative estimate of drug-likeness (QED) is 0.758. The number of likely N-dealkylation sites (tertiary alicyclic amines) is 1. The number of nitriles is 1. The molecule has 0 spiro atoms. The molecular formula is C23H27N3O2. The van der Waals surface area contributed by atoms with Crippen molar-refractivity contribution in [3.63, 3.8) is 0 Å². The molecular weight excluding hydrogens is 350 g/mol. The summed E-state index contributed by atoms with van der Waals surface area (Å²) in [5.74, 6) is 0. The van der Waals surface area contributed by atoms with Crippen LogP contribution in [0.4, 0.5) is 4.79 Å². The van der Waals surface area contributed by atoms with E-state index in [1.54, 1.807) is 0 Å². The Kier molecular flexibility index (Phi) is 7.05. The maximum Gasteiger partial charge on any atom is 0.410 e. The number of likely N-dealkylation sites (N-methyl/N-ethyl adjacent to an activating group) is 1.